The van der Waals surface area contributed by atoms with Gasteiger partial charge in [0.15, 0.2) is 0 Å². The summed E-state index contributed by atoms with van der Waals surface area (Å²) in [5.74, 6) is -4.33. The Morgan fingerprint density at radius 2 is 1.75 bits per heavy atom. The summed E-state index contributed by atoms with van der Waals surface area (Å²) in [6.45, 7) is 1.53. The lowest BCUT2D eigenvalue weighted by Gasteiger charge is -2.14. The highest BCUT2D eigenvalue weighted by Gasteiger charge is 2.28. The van der Waals surface area contributed by atoms with E-state index in [1.54, 1.807) is 0 Å². The van der Waals surface area contributed by atoms with Crippen molar-refractivity contribution in [2.45, 2.75) is 13.3 Å². The van der Waals surface area contributed by atoms with Gasteiger partial charge in [-0.1, -0.05) is 0 Å². The molecule has 0 saturated heterocycles. The predicted molar refractivity (Wildman–Crippen MR) is 81.4 cm³/mol. The maximum atomic E-state index is 11.6. The Hall–Kier alpha value is -3.42. The van der Waals surface area contributed by atoms with Crippen LogP contribution in [-0.2, 0) is 11.2 Å². The van der Waals surface area contributed by atoms with Crippen LogP contribution in [0.3, 0.4) is 0 Å². The van der Waals surface area contributed by atoms with E-state index in [1.807, 2.05) is 0 Å². The molecule has 0 saturated carbocycles. The fourth-order valence-electron chi connectivity index (χ4n) is 2.90. The lowest BCUT2D eigenvalue weighted by molar-refractivity contribution is -0.132. The number of nitrogens with zero attached hydrogens (tertiary/aromatic N) is 1. The molecular weight excluding hydrogens is 318 g/mol. The number of carboxylic acids is 3. The summed E-state index contributed by atoms with van der Waals surface area (Å²) in [5, 5.41) is 38.1. The first-order chi connectivity index (χ1) is 11.2. The van der Waals surface area contributed by atoms with Crippen LogP contribution in [0.2, 0.25) is 0 Å². The molecule has 0 radical (unpaired) electrons. The molecule has 2 aromatic rings. The van der Waals surface area contributed by atoms with Crippen LogP contribution in [0.1, 0.15) is 37.5 Å². The van der Waals surface area contributed by atoms with Crippen LogP contribution in [0.4, 0.5) is 0 Å². The van der Waals surface area contributed by atoms with Crippen molar-refractivity contribution in [3.8, 4) is 5.75 Å². The average Bonchev–Trinajstić information content (AvgIpc) is 2.96. The third kappa shape index (κ3) is 2.08. The van der Waals surface area contributed by atoms with Gasteiger partial charge in [-0.2, -0.15) is 0 Å². The van der Waals surface area contributed by atoms with Gasteiger partial charge in [0.1, 0.15) is 17.0 Å². The number of carboxylic acid groups (broad SMARTS) is 3. The molecule has 122 valence electrons. The second-order valence-electron chi connectivity index (χ2n) is 5.41. The minimum atomic E-state index is -1.43. The number of rotatable bonds is 3. The largest absolute Gasteiger partial charge is 0.505 e. The molecule has 1 aromatic heterocycles. The molecule has 8 nitrogen and oxygen atoms in total. The predicted octanol–water partition coefficient (Wildman–Crippen LogP) is 1.67. The van der Waals surface area contributed by atoms with Gasteiger partial charge in [-0.15, -0.1) is 0 Å². The van der Waals surface area contributed by atoms with Gasteiger partial charge < -0.3 is 20.4 Å². The number of phenols is 1. The van der Waals surface area contributed by atoms with Gasteiger partial charge in [0.25, 0.3) is 0 Å². The Morgan fingerprint density at radius 3 is 2.29 bits per heavy atom. The van der Waals surface area contributed by atoms with E-state index in [0.717, 1.165) is 6.07 Å². The summed E-state index contributed by atoms with van der Waals surface area (Å²) in [4.78, 5) is 37.8. The quantitative estimate of drug-likeness (QED) is 0.665. The van der Waals surface area contributed by atoms with E-state index in [2.05, 4.69) is 4.98 Å². The van der Waals surface area contributed by atoms with Gasteiger partial charge in [0.05, 0.1) is 5.56 Å². The first kappa shape index (κ1) is 15.5. The fraction of sp³-hybridized carbons (Fsp3) is 0.125. The second kappa shape index (κ2) is 5.05. The molecule has 1 aliphatic carbocycles. The zero-order valence-corrected chi connectivity index (χ0v) is 12.3. The van der Waals surface area contributed by atoms with Crippen LogP contribution in [0.15, 0.2) is 11.6 Å². The molecule has 3 rings (SSSR count). The topological polar surface area (TPSA) is 145 Å². The molecule has 0 spiro atoms. The van der Waals surface area contributed by atoms with Crippen LogP contribution in [0, 0.1) is 6.92 Å². The van der Waals surface area contributed by atoms with Crippen molar-refractivity contribution in [3.63, 3.8) is 0 Å². The molecule has 0 aliphatic heterocycles. The summed E-state index contributed by atoms with van der Waals surface area (Å²) in [5.41, 5.74) is 0.176. The molecule has 4 N–H and O–H groups in total. The summed E-state index contributed by atoms with van der Waals surface area (Å²) in [6.07, 6.45) is 1.35. The number of hydrogen-bond acceptors (Lipinski definition) is 5. The SMILES string of the molecule is Cc1c2c(c3c(C(=O)O)cc(C(=O)O)nc3c1O)CC(C(=O)O)=C2. The number of aromatic hydroxyl groups is 1. The van der Waals surface area contributed by atoms with Crippen molar-refractivity contribution in [1.82, 2.24) is 4.98 Å². The van der Waals surface area contributed by atoms with Crippen molar-refractivity contribution in [2.75, 3.05) is 0 Å². The monoisotopic (exact) mass is 329 g/mol. The smallest absolute Gasteiger partial charge is 0.354 e. The molecule has 8 heteroatoms. The zero-order valence-electron chi connectivity index (χ0n) is 12.3. The van der Waals surface area contributed by atoms with E-state index in [-0.39, 0.29) is 34.2 Å². The Kier molecular flexibility index (Phi) is 3.26. The minimum absolute atomic E-state index is 0.0311. The molecule has 0 amide bonds. The van der Waals surface area contributed by atoms with E-state index in [0.29, 0.717) is 16.7 Å². The van der Waals surface area contributed by atoms with Gasteiger partial charge in [0.2, 0.25) is 0 Å². The average molecular weight is 329 g/mol. The van der Waals surface area contributed by atoms with Gasteiger partial charge in [-0.3, -0.25) is 0 Å². The molecule has 24 heavy (non-hydrogen) atoms. The van der Waals surface area contributed by atoms with E-state index in [1.165, 1.54) is 13.0 Å². The minimum Gasteiger partial charge on any atom is -0.505 e. The third-order valence-corrected chi connectivity index (χ3v) is 4.04. The third-order valence-electron chi connectivity index (χ3n) is 4.04. The summed E-state index contributed by atoms with van der Waals surface area (Å²) >= 11 is 0. The van der Waals surface area contributed by atoms with Gasteiger partial charge in [-0.05, 0) is 30.2 Å². The number of aromatic nitrogens is 1. The fourth-order valence-corrected chi connectivity index (χ4v) is 2.90. The van der Waals surface area contributed by atoms with Crippen molar-refractivity contribution >= 4 is 34.9 Å². The van der Waals surface area contributed by atoms with Crippen molar-refractivity contribution in [2.24, 2.45) is 0 Å². The number of phenolic OH excluding ortho intramolecular Hbond substituents is 1. The van der Waals surface area contributed by atoms with E-state index < -0.39 is 23.6 Å². The van der Waals surface area contributed by atoms with Crippen LogP contribution in [0.25, 0.3) is 17.0 Å². The number of fused-ring (bicyclic) bond motifs is 3. The number of pyridine rings is 1. The number of hydrogen-bond donors (Lipinski definition) is 4. The van der Waals surface area contributed by atoms with Gasteiger partial charge >= 0.3 is 17.9 Å². The Morgan fingerprint density at radius 1 is 1.08 bits per heavy atom. The van der Waals surface area contributed by atoms with Gasteiger partial charge in [0, 0.05) is 22.9 Å². The Labute approximate surface area is 134 Å². The van der Waals surface area contributed by atoms with Crippen molar-refractivity contribution in [1.29, 1.82) is 0 Å². The number of benzene rings is 1. The maximum absolute atomic E-state index is 11.6. The molecule has 1 aliphatic rings. The van der Waals surface area contributed by atoms with Crippen LogP contribution in [0.5, 0.6) is 5.75 Å². The standard InChI is InChI=1S/C16H11NO7/c1-5-7-2-6(14(19)20)3-8(7)11-9(15(21)22)4-10(16(23)24)17-12(11)13(5)18/h2,4,18H,3H2,1H3,(H,19,20)(H,21,22)(H,23,24). The van der Waals surface area contributed by atoms with Crippen molar-refractivity contribution < 1.29 is 34.8 Å². The van der Waals surface area contributed by atoms with E-state index >= 15 is 0 Å². The van der Waals surface area contributed by atoms with Crippen molar-refractivity contribution in [3.05, 3.63) is 39.6 Å². The lowest BCUT2D eigenvalue weighted by atomic mass is 9.94. The molecule has 0 fully saturated rings. The second-order valence-corrected chi connectivity index (χ2v) is 5.41. The number of aromatic carboxylic acids is 2. The highest BCUT2D eigenvalue weighted by molar-refractivity contribution is 6.11. The summed E-state index contributed by atoms with van der Waals surface area (Å²) < 4.78 is 0. The summed E-state index contributed by atoms with van der Waals surface area (Å²) in [6, 6.07) is 0.904. The normalized spacial score (nSPS) is 12.8. The zero-order chi connectivity index (χ0) is 17.8. The molecule has 1 aromatic carbocycles. The Bertz CT molecular complexity index is 988. The first-order valence-electron chi connectivity index (χ1n) is 6.82. The Balaban J connectivity index is 2.47. The van der Waals surface area contributed by atoms with E-state index in [9.17, 15) is 29.7 Å². The number of carbonyl (C=O) groups is 3. The van der Waals surface area contributed by atoms with Crippen LogP contribution < -0.4 is 0 Å². The lowest BCUT2D eigenvalue weighted by Crippen LogP contribution is -2.09. The highest BCUT2D eigenvalue weighted by atomic mass is 16.4. The molecule has 1 heterocycles. The molecule has 0 bridgehead atoms. The molecular formula is C16H11NO7. The molecule has 0 atom stereocenters. The van der Waals surface area contributed by atoms with E-state index in [4.69, 9.17) is 5.11 Å². The summed E-state index contributed by atoms with van der Waals surface area (Å²) in [7, 11) is 0. The molecule has 0 unspecified atom stereocenters. The van der Waals surface area contributed by atoms with Crippen LogP contribution in [-0.4, -0.2) is 43.3 Å². The maximum Gasteiger partial charge on any atom is 0.354 e. The highest BCUT2D eigenvalue weighted by Crippen LogP contribution is 2.41. The van der Waals surface area contributed by atoms with Gasteiger partial charge in [-0.25, -0.2) is 19.4 Å². The number of aliphatic carboxylic acids is 1. The van der Waals surface area contributed by atoms with Crippen LogP contribution >= 0.6 is 0 Å². The first-order valence-corrected chi connectivity index (χ1v) is 6.82.